The molecule has 1 atom stereocenters. The number of aryl methyl sites for hydroxylation is 1. The van der Waals surface area contributed by atoms with Gasteiger partial charge in [-0.1, -0.05) is 18.2 Å². The summed E-state index contributed by atoms with van der Waals surface area (Å²) in [4.78, 5) is 20.7. The summed E-state index contributed by atoms with van der Waals surface area (Å²) in [6.07, 6.45) is 4.62. The maximum absolute atomic E-state index is 12.1. The number of carbonyl (C=O) groups excluding carboxylic acids is 1. The first kappa shape index (κ1) is 14.7. The summed E-state index contributed by atoms with van der Waals surface area (Å²) < 4.78 is 1.17. The molecule has 0 aliphatic heterocycles. The van der Waals surface area contributed by atoms with Crippen molar-refractivity contribution in [1.29, 1.82) is 0 Å². The van der Waals surface area contributed by atoms with E-state index in [-0.39, 0.29) is 11.9 Å². The molecule has 0 saturated heterocycles. The second-order valence-corrected chi connectivity index (χ2v) is 6.27. The zero-order chi connectivity index (χ0) is 15.4. The molecule has 0 unspecified atom stereocenters. The van der Waals surface area contributed by atoms with Gasteiger partial charge < -0.3 is 5.32 Å². The van der Waals surface area contributed by atoms with E-state index in [0.29, 0.717) is 12.8 Å². The van der Waals surface area contributed by atoms with Crippen LogP contribution in [0.3, 0.4) is 0 Å². The van der Waals surface area contributed by atoms with Crippen LogP contribution in [0.15, 0.2) is 48.8 Å². The highest BCUT2D eigenvalue weighted by molar-refractivity contribution is 7.18. The molecule has 112 valence electrons. The molecule has 1 N–H and O–H groups in total. The van der Waals surface area contributed by atoms with Gasteiger partial charge in [0.25, 0.3) is 0 Å². The molecule has 0 spiro atoms. The van der Waals surface area contributed by atoms with Crippen molar-refractivity contribution in [2.75, 3.05) is 0 Å². The van der Waals surface area contributed by atoms with Gasteiger partial charge in [0.1, 0.15) is 0 Å². The Labute approximate surface area is 133 Å². The van der Waals surface area contributed by atoms with E-state index >= 15 is 0 Å². The molecular formula is C17H17N3OS. The molecule has 3 aromatic rings. The van der Waals surface area contributed by atoms with Crippen molar-refractivity contribution < 1.29 is 4.79 Å². The topological polar surface area (TPSA) is 54.9 Å². The lowest BCUT2D eigenvalue weighted by Gasteiger charge is -2.13. The van der Waals surface area contributed by atoms with Gasteiger partial charge in [-0.25, -0.2) is 4.98 Å². The van der Waals surface area contributed by atoms with Gasteiger partial charge >= 0.3 is 0 Å². The predicted molar refractivity (Wildman–Crippen MR) is 88.7 cm³/mol. The number of nitrogens with zero attached hydrogens (tertiary/aromatic N) is 2. The zero-order valence-electron chi connectivity index (χ0n) is 12.3. The van der Waals surface area contributed by atoms with Gasteiger partial charge in [0.15, 0.2) is 0 Å². The summed E-state index contributed by atoms with van der Waals surface area (Å²) in [5.41, 5.74) is 2.02. The summed E-state index contributed by atoms with van der Waals surface area (Å²) >= 11 is 1.65. The normalized spacial score (nSPS) is 12.2. The minimum atomic E-state index is -0.0310. The van der Waals surface area contributed by atoms with Crippen molar-refractivity contribution in [1.82, 2.24) is 15.3 Å². The molecule has 4 nitrogen and oxygen atoms in total. The molecule has 0 saturated carbocycles. The lowest BCUT2D eigenvalue weighted by Crippen LogP contribution is -2.26. The molecule has 5 heteroatoms. The SMILES string of the molecule is C[C@@H](NC(=O)CCc1nc2ccccc2s1)c1cccnc1. The van der Waals surface area contributed by atoms with Gasteiger partial charge in [-0.15, -0.1) is 11.3 Å². The number of amides is 1. The van der Waals surface area contributed by atoms with Crippen molar-refractivity contribution in [2.24, 2.45) is 0 Å². The van der Waals surface area contributed by atoms with Gasteiger partial charge in [0.05, 0.1) is 21.3 Å². The highest BCUT2D eigenvalue weighted by atomic mass is 32.1. The zero-order valence-corrected chi connectivity index (χ0v) is 13.1. The van der Waals surface area contributed by atoms with Gasteiger partial charge in [-0.2, -0.15) is 0 Å². The average molecular weight is 311 g/mol. The van der Waals surface area contributed by atoms with E-state index in [0.717, 1.165) is 16.1 Å². The Kier molecular flexibility index (Phi) is 4.44. The lowest BCUT2D eigenvalue weighted by molar-refractivity contribution is -0.121. The molecule has 0 aliphatic rings. The smallest absolute Gasteiger partial charge is 0.220 e. The number of rotatable bonds is 5. The highest BCUT2D eigenvalue weighted by Gasteiger charge is 2.11. The van der Waals surface area contributed by atoms with E-state index in [1.54, 1.807) is 23.7 Å². The van der Waals surface area contributed by atoms with Crippen LogP contribution < -0.4 is 5.32 Å². The van der Waals surface area contributed by atoms with Crippen LogP contribution in [-0.4, -0.2) is 15.9 Å². The molecule has 1 amide bonds. The first-order valence-corrected chi connectivity index (χ1v) is 8.08. The largest absolute Gasteiger partial charge is 0.350 e. The predicted octanol–water partition coefficient (Wildman–Crippen LogP) is 3.50. The third kappa shape index (κ3) is 3.49. The van der Waals surface area contributed by atoms with E-state index in [2.05, 4.69) is 21.4 Å². The fourth-order valence-electron chi connectivity index (χ4n) is 2.28. The third-order valence-corrected chi connectivity index (χ3v) is 4.56. The maximum Gasteiger partial charge on any atom is 0.220 e. The van der Waals surface area contributed by atoms with E-state index < -0.39 is 0 Å². The van der Waals surface area contributed by atoms with E-state index in [9.17, 15) is 4.79 Å². The highest BCUT2D eigenvalue weighted by Crippen LogP contribution is 2.22. The Hall–Kier alpha value is -2.27. The Bertz CT molecular complexity index is 737. The molecule has 1 aromatic carbocycles. The Morgan fingerprint density at radius 3 is 2.91 bits per heavy atom. The number of pyridine rings is 1. The first-order chi connectivity index (χ1) is 10.7. The summed E-state index contributed by atoms with van der Waals surface area (Å²) in [6, 6.07) is 11.9. The van der Waals surface area contributed by atoms with Crippen molar-refractivity contribution >= 4 is 27.5 Å². The fraction of sp³-hybridized carbons (Fsp3) is 0.235. The standard InChI is InChI=1S/C17H17N3OS/c1-12(13-5-4-10-18-11-13)19-16(21)8-9-17-20-14-6-2-3-7-15(14)22-17/h2-7,10-12H,8-9H2,1H3,(H,19,21)/t12-/m1/s1. The van der Waals surface area contributed by atoms with Gasteiger partial charge in [-0.3, -0.25) is 9.78 Å². The molecule has 0 radical (unpaired) electrons. The molecule has 0 fully saturated rings. The Morgan fingerprint density at radius 1 is 1.27 bits per heavy atom. The minimum Gasteiger partial charge on any atom is -0.350 e. The summed E-state index contributed by atoms with van der Waals surface area (Å²) in [5.74, 6) is 0.0376. The Balaban J connectivity index is 1.56. The number of benzene rings is 1. The number of fused-ring (bicyclic) bond motifs is 1. The van der Waals surface area contributed by atoms with Gasteiger partial charge in [0, 0.05) is 25.2 Å². The van der Waals surface area contributed by atoms with Crippen LogP contribution in [0.1, 0.15) is 30.0 Å². The quantitative estimate of drug-likeness (QED) is 0.784. The molecule has 0 bridgehead atoms. The van der Waals surface area contributed by atoms with Crippen molar-refractivity contribution in [3.05, 3.63) is 59.4 Å². The Morgan fingerprint density at radius 2 is 2.14 bits per heavy atom. The number of nitrogens with one attached hydrogen (secondary N) is 1. The molecule has 2 aromatic heterocycles. The van der Waals surface area contributed by atoms with Crippen LogP contribution in [0.25, 0.3) is 10.2 Å². The van der Waals surface area contributed by atoms with Crippen LogP contribution in [0.2, 0.25) is 0 Å². The third-order valence-electron chi connectivity index (χ3n) is 3.47. The average Bonchev–Trinajstić information content (AvgIpc) is 2.96. The van der Waals surface area contributed by atoms with Crippen LogP contribution in [-0.2, 0) is 11.2 Å². The number of para-hydroxylation sites is 1. The van der Waals surface area contributed by atoms with Gasteiger partial charge in [-0.05, 0) is 30.7 Å². The first-order valence-electron chi connectivity index (χ1n) is 7.26. The maximum atomic E-state index is 12.1. The van der Waals surface area contributed by atoms with Crippen LogP contribution in [0.4, 0.5) is 0 Å². The summed E-state index contributed by atoms with van der Waals surface area (Å²) in [7, 11) is 0. The molecule has 2 heterocycles. The van der Waals surface area contributed by atoms with Crippen molar-refractivity contribution in [2.45, 2.75) is 25.8 Å². The minimum absolute atomic E-state index is 0.0310. The van der Waals surface area contributed by atoms with Crippen LogP contribution in [0.5, 0.6) is 0 Å². The molecule has 3 rings (SSSR count). The monoisotopic (exact) mass is 311 g/mol. The number of hydrogen-bond acceptors (Lipinski definition) is 4. The number of hydrogen-bond donors (Lipinski definition) is 1. The van der Waals surface area contributed by atoms with Gasteiger partial charge in [0.2, 0.25) is 5.91 Å². The number of thiazole rings is 1. The second kappa shape index (κ2) is 6.66. The van der Waals surface area contributed by atoms with E-state index in [1.165, 1.54) is 4.70 Å². The lowest BCUT2D eigenvalue weighted by atomic mass is 10.1. The summed E-state index contributed by atoms with van der Waals surface area (Å²) in [5, 5.41) is 4.00. The van der Waals surface area contributed by atoms with Crippen molar-refractivity contribution in [3.63, 3.8) is 0 Å². The van der Waals surface area contributed by atoms with Crippen LogP contribution in [0, 0.1) is 0 Å². The summed E-state index contributed by atoms with van der Waals surface area (Å²) in [6.45, 7) is 1.96. The second-order valence-electron chi connectivity index (χ2n) is 5.15. The molecule has 22 heavy (non-hydrogen) atoms. The van der Waals surface area contributed by atoms with Crippen LogP contribution >= 0.6 is 11.3 Å². The van der Waals surface area contributed by atoms with Crippen molar-refractivity contribution in [3.8, 4) is 0 Å². The number of aromatic nitrogens is 2. The molecule has 0 aliphatic carbocycles. The fourth-order valence-corrected chi connectivity index (χ4v) is 3.24. The van der Waals surface area contributed by atoms with E-state index in [4.69, 9.17) is 0 Å². The van der Waals surface area contributed by atoms with E-state index in [1.807, 2.05) is 37.3 Å². The number of carbonyl (C=O) groups is 1. The molecular weight excluding hydrogens is 294 g/mol.